The lowest BCUT2D eigenvalue weighted by molar-refractivity contribution is 0.0401. The fourth-order valence-electron chi connectivity index (χ4n) is 2.29. The molecule has 0 bridgehead atoms. The molecule has 1 aliphatic rings. The minimum atomic E-state index is 0.0239. The summed E-state index contributed by atoms with van der Waals surface area (Å²) < 4.78 is 5.81. The van der Waals surface area contributed by atoms with E-state index in [0.717, 1.165) is 19.3 Å². The van der Waals surface area contributed by atoms with Crippen LogP contribution in [0.3, 0.4) is 0 Å². The number of nitrogens with two attached hydrogens (primary N) is 1. The average Bonchev–Trinajstić information content (AvgIpc) is 2.75. The first-order valence-electron chi connectivity index (χ1n) is 6.20. The molecule has 0 spiro atoms. The van der Waals surface area contributed by atoms with E-state index in [2.05, 4.69) is 38.1 Å². The van der Waals surface area contributed by atoms with Crippen LogP contribution >= 0.6 is 0 Å². The second kappa shape index (κ2) is 4.98. The second-order valence-electron chi connectivity index (χ2n) is 4.68. The van der Waals surface area contributed by atoms with Crippen molar-refractivity contribution in [1.29, 1.82) is 0 Å². The number of hydrogen-bond acceptors (Lipinski definition) is 2. The minimum Gasteiger partial charge on any atom is -0.373 e. The molecular formula is C14H21NO. The molecule has 1 saturated heterocycles. The first-order valence-corrected chi connectivity index (χ1v) is 6.20. The summed E-state index contributed by atoms with van der Waals surface area (Å²) in [7, 11) is 0. The van der Waals surface area contributed by atoms with Gasteiger partial charge >= 0.3 is 0 Å². The van der Waals surface area contributed by atoms with Gasteiger partial charge in [0.05, 0.1) is 18.2 Å². The molecule has 2 heteroatoms. The van der Waals surface area contributed by atoms with Crippen molar-refractivity contribution in [3.8, 4) is 0 Å². The lowest BCUT2D eigenvalue weighted by atomic mass is 9.98. The number of rotatable bonds is 3. The van der Waals surface area contributed by atoms with Gasteiger partial charge in [0.25, 0.3) is 0 Å². The van der Waals surface area contributed by atoms with Gasteiger partial charge in [0.15, 0.2) is 0 Å². The van der Waals surface area contributed by atoms with Crippen molar-refractivity contribution < 1.29 is 4.74 Å². The molecule has 0 saturated carbocycles. The summed E-state index contributed by atoms with van der Waals surface area (Å²) in [6, 6.07) is 8.61. The van der Waals surface area contributed by atoms with E-state index in [-0.39, 0.29) is 12.1 Å². The first kappa shape index (κ1) is 11.6. The number of benzene rings is 1. The lowest BCUT2D eigenvalue weighted by Crippen LogP contribution is -2.26. The number of ether oxygens (including phenoxy) is 1. The van der Waals surface area contributed by atoms with E-state index < -0.39 is 0 Å². The van der Waals surface area contributed by atoms with Crippen LogP contribution in [0.25, 0.3) is 0 Å². The summed E-state index contributed by atoms with van der Waals surface area (Å²) in [5.74, 6) is 0. The third-order valence-electron chi connectivity index (χ3n) is 3.44. The summed E-state index contributed by atoms with van der Waals surface area (Å²) >= 11 is 0. The van der Waals surface area contributed by atoms with Gasteiger partial charge in [-0.25, -0.2) is 0 Å². The van der Waals surface area contributed by atoms with Crippen molar-refractivity contribution in [3.63, 3.8) is 0 Å². The quantitative estimate of drug-likeness (QED) is 0.848. The summed E-state index contributed by atoms with van der Waals surface area (Å²) in [6.45, 7) is 4.28. The molecule has 3 unspecified atom stereocenters. The molecule has 2 rings (SSSR count). The van der Waals surface area contributed by atoms with Crippen molar-refractivity contribution in [2.45, 2.75) is 51.4 Å². The molecule has 1 heterocycles. The molecule has 1 aliphatic heterocycles. The molecule has 0 aliphatic carbocycles. The van der Waals surface area contributed by atoms with Gasteiger partial charge in [0.1, 0.15) is 0 Å². The molecule has 0 aromatic heterocycles. The molecule has 3 atom stereocenters. The molecule has 88 valence electrons. The van der Waals surface area contributed by atoms with Gasteiger partial charge in [-0.3, -0.25) is 0 Å². The Morgan fingerprint density at radius 1 is 1.31 bits per heavy atom. The van der Waals surface area contributed by atoms with Gasteiger partial charge in [0, 0.05) is 0 Å². The lowest BCUT2D eigenvalue weighted by Gasteiger charge is -2.20. The Labute approximate surface area is 97.8 Å². The Balaban J connectivity index is 2.05. The monoisotopic (exact) mass is 219 g/mol. The fourth-order valence-corrected chi connectivity index (χ4v) is 2.29. The van der Waals surface area contributed by atoms with Crippen LogP contribution in [-0.4, -0.2) is 12.2 Å². The highest BCUT2D eigenvalue weighted by Gasteiger charge is 2.27. The van der Waals surface area contributed by atoms with Crippen molar-refractivity contribution >= 4 is 0 Å². The van der Waals surface area contributed by atoms with Crippen LogP contribution in [0, 0.1) is 0 Å². The van der Waals surface area contributed by atoms with Crippen LogP contribution < -0.4 is 5.73 Å². The smallest absolute Gasteiger partial charge is 0.0772 e. The van der Waals surface area contributed by atoms with E-state index in [1.54, 1.807) is 0 Å². The molecule has 0 radical (unpaired) electrons. The van der Waals surface area contributed by atoms with Gasteiger partial charge in [-0.1, -0.05) is 31.2 Å². The standard InChI is InChI=1S/C14H21NO/c1-3-11-5-7-12(8-6-11)14(15)13-9-4-10(2)16-13/h5-8,10,13-14H,3-4,9,15H2,1-2H3. The molecule has 1 fully saturated rings. The molecule has 1 aromatic carbocycles. The second-order valence-corrected chi connectivity index (χ2v) is 4.68. The van der Waals surface area contributed by atoms with E-state index in [0.29, 0.717) is 6.10 Å². The number of hydrogen-bond donors (Lipinski definition) is 1. The van der Waals surface area contributed by atoms with E-state index in [4.69, 9.17) is 10.5 Å². The van der Waals surface area contributed by atoms with Gasteiger partial charge in [0.2, 0.25) is 0 Å². The van der Waals surface area contributed by atoms with E-state index >= 15 is 0 Å². The average molecular weight is 219 g/mol. The zero-order valence-corrected chi connectivity index (χ0v) is 10.1. The van der Waals surface area contributed by atoms with Crippen LogP contribution in [0.1, 0.15) is 43.9 Å². The van der Waals surface area contributed by atoms with Crippen molar-refractivity contribution in [3.05, 3.63) is 35.4 Å². The molecule has 16 heavy (non-hydrogen) atoms. The van der Waals surface area contributed by atoms with Crippen LogP contribution in [0.15, 0.2) is 24.3 Å². The largest absolute Gasteiger partial charge is 0.373 e. The van der Waals surface area contributed by atoms with Crippen LogP contribution in [0.5, 0.6) is 0 Å². The normalized spacial score (nSPS) is 26.9. The molecule has 2 N–H and O–H groups in total. The van der Waals surface area contributed by atoms with Gasteiger partial charge in [-0.2, -0.15) is 0 Å². The molecular weight excluding hydrogens is 198 g/mol. The highest BCUT2D eigenvalue weighted by molar-refractivity contribution is 5.25. The third kappa shape index (κ3) is 2.45. The minimum absolute atomic E-state index is 0.0239. The third-order valence-corrected chi connectivity index (χ3v) is 3.44. The van der Waals surface area contributed by atoms with Crippen LogP contribution in [0.4, 0.5) is 0 Å². The Morgan fingerprint density at radius 2 is 2.00 bits per heavy atom. The zero-order valence-electron chi connectivity index (χ0n) is 10.1. The predicted octanol–water partition coefficient (Wildman–Crippen LogP) is 2.82. The maximum atomic E-state index is 6.23. The topological polar surface area (TPSA) is 35.2 Å². The van der Waals surface area contributed by atoms with Gasteiger partial charge in [-0.05, 0) is 37.3 Å². The van der Waals surface area contributed by atoms with Crippen molar-refractivity contribution in [2.75, 3.05) is 0 Å². The number of aryl methyl sites for hydroxylation is 1. The Morgan fingerprint density at radius 3 is 2.50 bits per heavy atom. The zero-order chi connectivity index (χ0) is 11.5. The summed E-state index contributed by atoms with van der Waals surface area (Å²) in [5.41, 5.74) is 8.78. The summed E-state index contributed by atoms with van der Waals surface area (Å²) in [6.07, 6.45) is 3.85. The highest BCUT2D eigenvalue weighted by Crippen LogP contribution is 2.28. The Kier molecular flexibility index (Phi) is 3.62. The maximum Gasteiger partial charge on any atom is 0.0772 e. The Hall–Kier alpha value is -0.860. The summed E-state index contributed by atoms with van der Waals surface area (Å²) in [4.78, 5) is 0. The van der Waals surface area contributed by atoms with Crippen LogP contribution in [0.2, 0.25) is 0 Å². The highest BCUT2D eigenvalue weighted by atomic mass is 16.5. The molecule has 0 amide bonds. The van der Waals surface area contributed by atoms with Gasteiger partial charge in [-0.15, -0.1) is 0 Å². The van der Waals surface area contributed by atoms with Crippen molar-refractivity contribution in [2.24, 2.45) is 5.73 Å². The van der Waals surface area contributed by atoms with Crippen molar-refractivity contribution in [1.82, 2.24) is 0 Å². The Bertz CT molecular complexity index is 333. The molecule has 1 aromatic rings. The fraction of sp³-hybridized carbons (Fsp3) is 0.571. The van der Waals surface area contributed by atoms with Crippen LogP contribution in [-0.2, 0) is 11.2 Å². The predicted molar refractivity (Wildman–Crippen MR) is 66.3 cm³/mol. The SMILES string of the molecule is CCc1ccc(C(N)C2CCC(C)O2)cc1. The molecule has 2 nitrogen and oxygen atoms in total. The van der Waals surface area contributed by atoms with Gasteiger partial charge < -0.3 is 10.5 Å². The van der Waals surface area contributed by atoms with E-state index in [9.17, 15) is 0 Å². The van der Waals surface area contributed by atoms with E-state index in [1.807, 2.05) is 0 Å². The first-order chi connectivity index (χ1) is 7.70. The summed E-state index contributed by atoms with van der Waals surface area (Å²) in [5, 5.41) is 0. The van der Waals surface area contributed by atoms with E-state index in [1.165, 1.54) is 11.1 Å². The maximum absolute atomic E-state index is 6.23.